The molecule has 246 valence electrons. The number of benzene rings is 1. The largest absolute Gasteiger partial charge is 0.455 e. The molecule has 1 aromatic rings. The molecule has 1 saturated heterocycles. The van der Waals surface area contributed by atoms with Gasteiger partial charge in [-0.1, -0.05) is 32.0 Å². The number of rotatable bonds is 5. The zero-order chi connectivity index (χ0) is 33.3. The van der Waals surface area contributed by atoms with Crippen molar-refractivity contribution in [3.05, 3.63) is 47.0 Å². The number of aliphatic hydroxyl groups is 2. The predicted octanol–water partition coefficient (Wildman–Crippen LogP) is 2.44. The number of ether oxygens (including phenoxy) is 5. The second-order valence-electron chi connectivity index (χ2n) is 13.6. The number of hydrogen-bond donors (Lipinski definition) is 2. The smallest absolute Gasteiger partial charge is 0.410 e. The molecule has 0 radical (unpaired) electrons. The summed E-state index contributed by atoms with van der Waals surface area (Å²) in [6, 6.07) is 8.18. The first-order valence-electron chi connectivity index (χ1n) is 15.1. The molecule has 1 heterocycles. The molecule has 3 aliphatic carbocycles. The number of aliphatic hydroxyl groups excluding tert-OH is 1. The van der Waals surface area contributed by atoms with Gasteiger partial charge in [0.05, 0.1) is 35.7 Å². The van der Waals surface area contributed by atoms with Crippen LogP contribution in [-0.4, -0.2) is 108 Å². The highest BCUT2D eigenvalue weighted by Gasteiger charge is 2.78. The number of Topliss-reactive ketones (excluding diaryl/α,β-unsaturated/α-hetero) is 1. The molecule has 1 aromatic carbocycles. The quantitative estimate of drug-likeness (QED) is 0.280. The van der Waals surface area contributed by atoms with Crippen molar-refractivity contribution >= 4 is 23.8 Å². The minimum Gasteiger partial charge on any atom is -0.455 e. The van der Waals surface area contributed by atoms with Gasteiger partial charge in [0.15, 0.2) is 17.5 Å². The first-order chi connectivity index (χ1) is 21.0. The number of ketones is 1. The van der Waals surface area contributed by atoms with Gasteiger partial charge in [-0.2, -0.15) is 0 Å². The zero-order valence-electron chi connectivity index (χ0n) is 27.0. The highest BCUT2D eigenvalue weighted by Crippen LogP contribution is 2.64. The molecule has 0 spiro atoms. The van der Waals surface area contributed by atoms with Crippen molar-refractivity contribution in [1.82, 2.24) is 4.90 Å². The van der Waals surface area contributed by atoms with Crippen LogP contribution >= 0.6 is 0 Å². The summed E-state index contributed by atoms with van der Waals surface area (Å²) < 4.78 is 30.2. The lowest BCUT2D eigenvalue weighted by atomic mass is 9.44. The van der Waals surface area contributed by atoms with E-state index in [2.05, 4.69) is 0 Å². The van der Waals surface area contributed by atoms with Crippen LogP contribution in [-0.2, 0) is 33.3 Å². The minimum absolute atomic E-state index is 0.124. The van der Waals surface area contributed by atoms with Gasteiger partial charge < -0.3 is 38.8 Å². The maximum Gasteiger partial charge on any atom is 0.410 e. The molecule has 1 aliphatic heterocycles. The molecule has 2 bridgehead atoms. The molecular formula is C33H43NO11. The summed E-state index contributed by atoms with van der Waals surface area (Å²) in [4.78, 5) is 56.1. The van der Waals surface area contributed by atoms with E-state index < -0.39 is 82.3 Å². The first-order valence-corrected chi connectivity index (χ1v) is 15.1. The molecular weight excluding hydrogens is 586 g/mol. The maximum absolute atomic E-state index is 15.2. The molecule has 0 unspecified atom stereocenters. The van der Waals surface area contributed by atoms with Crippen molar-refractivity contribution in [2.45, 2.75) is 89.2 Å². The van der Waals surface area contributed by atoms with Gasteiger partial charge >= 0.3 is 18.0 Å². The third kappa shape index (κ3) is 4.71. The lowest BCUT2D eigenvalue weighted by Gasteiger charge is -2.67. The van der Waals surface area contributed by atoms with Crippen molar-refractivity contribution < 1.29 is 53.1 Å². The van der Waals surface area contributed by atoms with Crippen LogP contribution in [0.2, 0.25) is 0 Å². The fourth-order valence-electron chi connectivity index (χ4n) is 8.27. The van der Waals surface area contributed by atoms with Gasteiger partial charge in [-0.05, 0) is 37.1 Å². The van der Waals surface area contributed by atoms with E-state index in [0.717, 1.165) is 0 Å². The van der Waals surface area contributed by atoms with Crippen molar-refractivity contribution in [2.24, 2.45) is 16.7 Å². The molecule has 4 aliphatic rings. The van der Waals surface area contributed by atoms with Crippen molar-refractivity contribution in [1.29, 1.82) is 0 Å². The van der Waals surface area contributed by atoms with E-state index in [-0.39, 0.29) is 30.6 Å². The Kier molecular flexibility index (Phi) is 8.21. The maximum atomic E-state index is 15.2. The van der Waals surface area contributed by atoms with E-state index in [1.807, 2.05) is 0 Å². The normalized spacial score (nSPS) is 38.4. The Morgan fingerprint density at radius 1 is 1.07 bits per heavy atom. The highest BCUT2D eigenvalue weighted by molar-refractivity contribution is 5.95. The number of fused-ring (bicyclic) bond motifs is 5. The van der Waals surface area contributed by atoms with Crippen LogP contribution in [0.15, 0.2) is 41.5 Å². The molecule has 12 nitrogen and oxygen atoms in total. The molecule has 3 fully saturated rings. The Balaban J connectivity index is 1.85. The Labute approximate surface area is 262 Å². The van der Waals surface area contributed by atoms with Crippen LogP contribution < -0.4 is 0 Å². The molecule has 9 atom stereocenters. The number of carbonyl (C=O) groups is 4. The fourth-order valence-corrected chi connectivity index (χ4v) is 8.27. The zero-order valence-corrected chi connectivity index (χ0v) is 27.0. The monoisotopic (exact) mass is 629 g/mol. The SMILES string of the molecule is CO[C@H]1C[C@H]2OC[C@@]2(OC(C)=O)[C@H]2[C@H](OC(=O)c3ccccc3)[C@]3(O)C[C@H](O)C(C)=C([C@@H](OC(=O)N(C)C)C(=O)[C@]12C)C3(C)C. The van der Waals surface area contributed by atoms with Crippen molar-refractivity contribution in [3.8, 4) is 0 Å². The summed E-state index contributed by atoms with van der Waals surface area (Å²) in [5.74, 6) is -3.31. The molecule has 45 heavy (non-hydrogen) atoms. The van der Waals surface area contributed by atoms with Crippen LogP contribution in [0.1, 0.15) is 57.8 Å². The van der Waals surface area contributed by atoms with Gasteiger partial charge in [0.25, 0.3) is 0 Å². The van der Waals surface area contributed by atoms with Gasteiger partial charge in [0.1, 0.15) is 17.8 Å². The highest BCUT2D eigenvalue weighted by atomic mass is 16.6. The molecule has 12 heteroatoms. The van der Waals surface area contributed by atoms with Gasteiger partial charge in [0, 0.05) is 46.4 Å². The van der Waals surface area contributed by atoms with Crippen molar-refractivity contribution in [3.63, 3.8) is 0 Å². The summed E-state index contributed by atoms with van der Waals surface area (Å²) in [5, 5.41) is 24.5. The van der Waals surface area contributed by atoms with Gasteiger partial charge in [-0.25, -0.2) is 9.59 Å². The average molecular weight is 630 g/mol. The lowest BCUT2D eigenvalue weighted by molar-refractivity contribution is -0.347. The van der Waals surface area contributed by atoms with Gasteiger partial charge in [0.2, 0.25) is 0 Å². The molecule has 2 N–H and O–H groups in total. The van der Waals surface area contributed by atoms with Crippen molar-refractivity contribution in [2.75, 3.05) is 27.8 Å². The van der Waals surface area contributed by atoms with E-state index >= 15 is 4.79 Å². The van der Waals surface area contributed by atoms with Crippen LogP contribution in [0.3, 0.4) is 0 Å². The molecule has 2 saturated carbocycles. The lowest BCUT2D eigenvalue weighted by Crippen LogP contribution is -2.82. The summed E-state index contributed by atoms with van der Waals surface area (Å²) in [5.41, 5.74) is -5.97. The second kappa shape index (κ2) is 11.2. The third-order valence-electron chi connectivity index (χ3n) is 10.8. The van der Waals surface area contributed by atoms with Crippen LogP contribution in [0.5, 0.6) is 0 Å². The van der Waals surface area contributed by atoms with Crippen LogP contribution in [0.4, 0.5) is 4.79 Å². The summed E-state index contributed by atoms with van der Waals surface area (Å²) >= 11 is 0. The number of nitrogens with zero attached hydrogens (tertiary/aromatic N) is 1. The van der Waals surface area contributed by atoms with E-state index in [1.54, 1.807) is 58.0 Å². The van der Waals surface area contributed by atoms with Crippen LogP contribution in [0.25, 0.3) is 0 Å². The van der Waals surface area contributed by atoms with E-state index in [4.69, 9.17) is 23.7 Å². The first kappa shape index (κ1) is 33.1. The predicted molar refractivity (Wildman–Crippen MR) is 158 cm³/mol. The minimum atomic E-state index is -2.08. The van der Waals surface area contributed by atoms with E-state index in [1.165, 1.54) is 33.0 Å². The Morgan fingerprint density at radius 2 is 1.71 bits per heavy atom. The number of methoxy groups -OCH3 is 1. The van der Waals surface area contributed by atoms with E-state index in [9.17, 15) is 24.6 Å². The number of carbonyl (C=O) groups excluding carboxylic acids is 4. The standard InChI is InChI=1S/C33H43NO11/c1-17-20(36)15-33(40)27(44-28(38)19-12-10-9-11-13-19)25-31(5,21(41-8)14-22-32(25,16-42-22)45-18(2)35)26(37)24(23(17)30(33,3)4)43-29(39)34(6)7/h9-13,20-22,24-25,27,36,40H,14-16H2,1-8H3/t20-,21-,22+,24+,25-,27-,31+,32-,33+/m0/s1. The molecule has 0 aromatic heterocycles. The van der Waals surface area contributed by atoms with Gasteiger partial charge in [-0.3, -0.25) is 9.59 Å². The Bertz CT molecular complexity index is 1420. The number of esters is 2. The van der Waals surface area contributed by atoms with Gasteiger partial charge in [-0.15, -0.1) is 0 Å². The topological polar surface area (TPSA) is 158 Å². The number of hydrogen-bond acceptors (Lipinski definition) is 11. The number of amides is 1. The Hall–Kier alpha value is -3.32. The fraction of sp³-hybridized carbons (Fsp3) is 0.636. The Morgan fingerprint density at radius 3 is 2.24 bits per heavy atom. The second-order valence-corrected chi connectivity index (χ2v) is 13.6. The summed E-state index contributed by atoms with van der Waals surface area (Å²) in [6.07, 6.45) is -7.07. The molecule has 1 amide bonds. The molecule has 5 rings (SSSR count). The van der Waals surface area contributed by atoms with Crippen LogP contribution in [0, 0.1) is 16.7 Å². The third-order valence-corrected chi connectivity index (χ3v) is 10.8. The summed E-state index contributed by atoms with van der Waals surface area (Å²) in [7, 11) is 4.38. The summed E-state index contributed by atoms with van der Waals surface area (Å²) in [6.45, 7) is 7.65. The van der Waals surface area contributed by atoms with E-state index in [0.29, 0.717) is 5.57 Å². The average Bonchev–Trinajstić information content (AvgIpc) is 2.97.